The molecule has 0 aromatic heterocycles. The first-order valence-electron chi connectivity index (χ1n) is 11.2. The highest BCUT2D eigenvalue weighted by Crippen LogP contribution is 2.48. The SMILES string of the molecule is COc1cc(OC)c(C(O)CCc2ccc(O)cc2)c(OCCN2CCCCC2)c1OC. The van der Waals surface area contributed by atoms with Gasteiger partial charge in [-0.15, -0.1) is 0 Å². The van der Waals surface area contributed by atoms with Crippen LogP contribution in [0, 0.1) is 0 Å². The molecule has 0 aliphatic carbocycles. The lowest BCUT2D eigenvalue weighted by atomic mass is 9.98. The zero-order chi connectivity index (χ0) is 22.9. The number of rotatable bonds is 11. The van der Waals surface area contributed by atoms with E-state index >= 15 is 0 Å². The summed E-state index contributed by atoms with van der Waals surface area (Å²) in [5.74, 6) is 2.12. The number of likely N-dealkylation sites (tertiary alicyclic amines) is 1. The van der Waals surface area contributed by atoms with Crippen LogP contribution in [-0.2, 0) is 6.42 Å². The molecule has 0 saturated carbocycles. The maximum absolute atomic E-state index is 11.1. The van der Waals surface area contributed by atoms with Crippen molar-refractivity contribution in [1.29, 1.82) is 0 Å². The number of aliphatic hydroxyl groups excluding tert-OH is 1. The van der Waals surface area contributed by atoms with E-state index in [4.69, 9.17) is 18.9 Å². The lowest BCUT2D eigenvalue weighted by Crippen LogP contribution is -2.33. The standard InChI is InChI=1S/C25H35NO6/c1-29-21-17-22(30-2)24(31-3)25(32-16-15-26-13-5-4-6-14-26)23(21)20(28)12-9-18-7-10-19(27)11-8-18/h7-8,10-11,17,20,27-28H,4-6,9,12-16H2,1-3H3. The van der Waals surface area contributed by atoms with Gasteiger partial charge in [-0.2, -0.15) is 0 Å². The molecule has 32 heavy (non-hydrogen) atoms. The third-order valence-corrected chi connectivity index (χ3v) is 5.92. The molecule has 2 aromatic carbocycles. The molecule has 2 aromatic rings. The first-order chi connectivity index (χ1) is 15.6. The summed E-state index contributed by atoms with van der Waals surface area (Å²) in [4.78, 5) is 2.40. The Morgan fingerprint density at radius 2 is 1.59 bits per heavy atom. The zero-order valence-corrected chi connectivity index (χ0v) is 19.3. The normalized spacial score (nSPS) is 15.2. The number of hydrogen-bond donors (Lipinski definition) is 2. The van der Waals surface area contributed by atoms with Crippen LogP contribution in [-0.4, -0.2) is 62.7 Å². The molecule has 2 N–H and O–H groups in total. The number of phenolic OH excluding ortho intramolecular Hbond substituents is 1. The number of aromatic hydroxyl groups is 1. The molecule has 1 fully saturated rings. The maximum Gasteiger partial charge on any atom is 0.203 e. The second-order valence-corrected chi connectivity index (χ2v) is 8.03. The van der Waals surface area contributed by atoms with Crippen LogP contribution in [0.5, 0.6) is 28.7 Å². The van der Waals surface area contributed by atoms with Crippen molar-refractivity contribution in [3.63, 3.8) is 0 Å². The van der Waals surface area contributed by atoms with Crippen LogP contribution in [0.3, 0.4) is 0 Å². The molecule has 7 heteroatoms. The van der Waals surface area contributed by atoms with Gasteiger partial charge in [0.15, 0.2) is 11.5 Å². The molecule has 176 valence electrons. The molecule has 7 nitrogen and oxygen atoms in total. The Morgan fingerprint density at radius 1 is 0.906 bits per heavy atom. The smallest absolute Gasteiger partial charge is 0.203 e. The highest BCUT2D eigenvalue weighted by atomic mass is 16.5. The van der Waals surface area contributed by atoms with Crippen molar-refractivity contribution in [1.82, 2.24) is 4.90 Å². The summed E-state index contributed by atoms with van der Waals surface area (Å²) in [5, 5.41) is 20.6. The number of aliphatic hydroxyl groups is 1. The van der Waals surface area contributed by atoms with Crippen LogP contribution in [0.15, 0.2) is 30.3 Å². The number of piperidine rings is 1. The Bertz CT molecular complexity index is 849. The first kappa shape index (κ1) is 24.0. The lowest BCUT2D eigenvalue weighted by Gasteiger charge is -2.27. The predicted molar refractivity (Wildman–Crippen MR) is 123 cm³/mol. The van der Waals surface area contributed by atoms with Gasteiger partial charge in [0, 0.05) is 12.6 Å². The Balaban J connectivity index is 1.82. The highest BCUT2D eigenvalue weighted by molar-refractivity contribution is 5.62. The molecule has 3 rings (SSSR count). The fraction of sp³-hybridized carbons (Fsp3) is 0.520. The summed E-state index contributed by atoms with van der Waals surface area (Å²) in [7, 11) is 4.69. The van der Waals surface area contributed by atoms with Gasteiger partial charge in [-0.25, -0.2) is 0 Å². The summed E-state index contributed by atoms with van der Waals surface area (Å²) in [5.41, 5.74) is 1.58. The number of hydrogen-bond acceptors (Lipinski definition) is 7. The molecule has 1 aliphatic rings. The average molecular weight is 446 g/mol. The maximum atomic E-state index is 11.1. The topological polar surface area (TPSA) is 80.6 Å². The number of benzene rings is 2. The van der Waals surface area contributed by atoms with E-state index < -0.39 is 6.10 Å². The fourth-order valence-corrected chi connectivity index (χ4v) is 4.15. The number of methoxy groups -OCH3 is 3. The lowest BCUT2D eigenvalue weighted by molar-refractivity contribution is 0.148. The van der Waals surface area contributed by atoms with Gasteiger partial charge in [0.05, 0.1) is 33.0 Å². The summed E-state index contributed by atoms with van der Waals surface area (Å²) in [6.45, 7) is 3.46. The predicted octanol–water partition coefficient (Wildman–Crippen LogP) is 3.95. The summed E-state index contributed by atoms with van der Waals surface area (Å²) >= 11 is 0. The van der Waals surface area contributed by atoms with Crippen molar-refractivity contribution in [3.8, 4) is 28.7 Å². The quantitative estimate of drug-likeness (QED) is 0.542. The van der Waals surface area contributed by atoms with E-state index in [9.17, 15) is 10.2 Å². The Kier molecular flexibility index (Phi) is 8.88. The number of ether oxygens (including phenoxy) is 4. The molecule has 1 unspecified atom stereocenters. The molecule has 0 bridgehead atoms. The second-order valence-electron chi connectivity index (χ2n) is 8.03. The molecule has 0 radical (unpaired) electrons. The third-order valence-electron chi connectivity index (χ3n) is 5.92. The van der Waals surface area contributed by atoms with E-state index in [0.717, 1.165) is 25.2 Å². The Morgan fingerprint density at radius 3 is 2.22 bits per heavy atom. The molecule has 1 atom stereocenters. The van der Waals surface area contributed by atoms with Gasteiger partial charge in [0.25, 0.3) is 0 Å². The van der Waals surface area contributed by atoms with Crippen molar-refractivity contribution < 1.29 is 29.2 Å². The Hall–Kier alpha value is -2.64. The van der Waals surface area contributed by atoms with E-state index in [0.29, 0.717) is 48.0 Å². The van der Waals surface area contributed by atoms with Crippen LogP contribution < -0.4 is 18.9 Å². The molecular weight excluding hydrogens is 410 g/mol. The van der Waals surface area contributed by atoms with E-state index in [1.165, 1.54) is 19.3 Å². The number of aryl methyl sites for hydroxylation is 1. The van der Waals surface area contributed by atoms with Crippen LogP contribution in [0.25, 0.3) is 0 Å². The monoisotopic (exact) mass is 445 g/mol. The van der Waals surface area contributed by atoms with Crippen LogP contribution in [0.2, 0.25) is 0 Å². The largest absolute Gasteiger partial charge is 0.508 e. The first-order valence-corrected chi connectivity index (χ1v) is 11.2. The minimum absolute atomic E-state index is 0.222. The van der Waals surface area contributed by atoms with Gasteiger partial charge in [-0.3, -0.25) is 4.90 Å². The van der Waals surface area contributed by atoms with Gasteiger partial charge in [-0.05, 0) is 56.5 Å². The van der Waals surface area contributed by atoms with Crippen molar-refractivity contribution in [2.45, 2.75) is 38.2 Å². The van der Waals surface area contributed by atoms with Gasteiger partial charge < -0.3 is 29.2 Å². The minimum atomic E-state index is -0.830. The molecular formula is C25H35NO6. The number of nitrogens with zero attached hydrogens (tertiary/aromatic N) is 1. The molecule has 0 amide bonds. The second kappa shape index (κ2) is 11.8. The zero-order valence-electron chi connectivity index (χ0n) is 19.3. The summed E-state index contributed by atoms with van der Waals surface area (Å²) in [6, 6.07) is 8.71. The minimum Gasteiger partial charge on any atom is -0.508 e. The Labute approximate surface area is 190 Å². The fourth-order valence-electron chi connectivity index (χ4n) is 4.15. The van der Waals surface area contributed by atoms with Crippen LogP contribution >= 0.6 is 0 Å². The highest BCUT2D eigenvalue weighted by Gasteiger charge is 2.27. The van der Waals surface area contributed by atoms with Gasteiger partial charge in [0.2, 0.25) is 5.75 Å². The molecule has 1 heterocycles. The summed E-state index contributed by atoms with van der Waals surface area (Å²) < 4.78 is 22.9. The molecule has 1 aliphatic heterocycles. The van der Waals surface area contributed by atoms with Crippen molar-refractivity contribution in [3.05, 3.63) is 41.5 Å². The third kappa shape index (κ3) is 5.99. The van der Waals surface area contributed by atoms with Crippen LogP contribution in [0.4, 0.5) is 0 Å². The van der Waals surface area contributed by atoms with Crippen molar-refractivity contribution >= 4 is 0 Å². The van der Waals surface area contributed by atoms with E-state index in [1.807, 2.05) is 12.1 Å². The molecule has 1 saturated heterocycles. The van der Waals surface area contributed by atoms with Crippen LogP contribution in [0.1, 0.15) is 42.9 Å². The van der Waals surface area contributed by atoms with Crippen molar-refractivity contribution in [2.24, 2.45) is 0 Å². The summed E-state index contributed by atoms with van der Waals surface area (Å²) in [6.07, 6.45) is 3.99. The van der Waals surface area contributed by atoms with Gasteiger partial charge in [-0.1, -0.05) is 18.6 Å². The number of phenols is 1. The van der Waals surface area contributed by atoms with Gasteiger partial charge >= 0.3 is 0 Å². The average Bonchev–Trinajstić information content (AvgIpc) is 2.83. The van der Waals surface area contributed by atoms with E-state index in [2.05, 4.69) is 4.90 Å². The van der Waals surface area contributed by atoms with Gasteiger partial charge in [0.1, 0.15) is 18.1 Å². The van der Waals surface area contributed by atoms with E-state index in [-0.39, 0.29) is 5.75 Å². The van der Waals surface area contributed by atoms with E-state index in [1.54, 1.807) is 39.5 Å². The molecule has 0 spiro atoms. The van der Waals surface area contributed by atoms with Crippen molar-refractivity contribution in [2.75, 3.05) is 47.6 Å².